The third kappa shape index (κ3) is 5.88. The molecule has 0 aliphatic rings. The summed E-state index contributed by atoms with van der Waals surface area (Å²) >= 11 is 5.86. The van der Waals surface area contributed by atoms with Gasteiger partial charge >= 0.3 is 5.97 Å². The van der Waals surface area contributed by atoms with E-state index >= 15 is 0 Å². The average Bonchev–Trinajstić information content (AvgIpc) is 2.48. The van der Waals surface area contributed by atoms with Gasteiger partial charge in [0, 0.05) is 11.6 Å². The van der Waals surface area contributed by atoms with E-state index in [1.165, 1.54) is 5.56 Å². The first kappa shape index (κ1) is 16.5. The number of benzene rings is 2. The van der Waals surface area contributed by atoms with Gasteiger partial charge < -0.3 is 10.4 Å². The molecule has 0 aliphatic heterocycles. The van der Waals surface area contributed by atoms with Crippen LogP contribution < -0.4 is 5.32 Å². The zero-order valence-electron chi connectivity index (χ0n) is 12.4. The molecule has 2 rings (SSSR count). The van der Waals surface area contributed by atoms with Gasteiger partial charge in [-0.3, -0.25) is 4.79 Å². The highest BCUT2D eigenvalue weighted by molar-refractivity contribution is 6.30. The maximum atomic E-state index is 10.7. The summed E-state index contributed by atoms with van der Waals surface area (Å²) < 4.78 is 0. The second-order valence-electron chi connectivity index (χ2n) is 5.30. The number of rotatable bonds is 8. The molecule has 0 heterocycles. The van der Waals surface area contributed by atoms with Gasteiger partial charge in [-0.25, -0.2) is 0 Å². The number of hydrogen-bond acceptors (Lipinski definition) is 2. The highest BCUT2D eigenvalue weighted by Crippen LogP contribution is 2.11. The molecule has 0 saturated carbocycles. The summed E-state index contributed by atoms with van der Waals surface area (Å²) in [6, 6.07) is 15.6. The van der Waals surface area contributed by atoms with Gasteiger partial charge in [-0.05, 0) is 48.2 Å². The van der Waals surface area contributed by atoms with Crippen LogP contribution in [-0.4, -0.2) is 17.6 Å². The van der Waals surface area contributed by atoms with E-state index in [1.54, 1.807) is 0 Å². The van der Waals surface area contributed by atoms with Crippen molar-refractivity contribution in [2.45, 2.75) is 25.8 Å². The first-order chi connectivity index (χ1) is 10.6. The predicted octanol–water partition coefficient (Wildman–Crippen LogP) is 3.69. The molecule has 4 heteroatoms. The molecule has 0 unspecified atom stereocenters. The molecule has 0 atom stereocenters. The van der Waals surface area contributed by atoms with Gasteiger partial charge in [-0.2, -0.15) is 0 Å². The van der Waals surface area contributed by atoms with Crippen molar-refractivity contribution in [3.63, 3.8) is 0 Å². The van der Waals surface area contributed by atoms with Gasteiger partial charge in [0.2, 0.25) is 0 Å². The predicted molar refractivity (Wildman–Crippen MR) is 89.3 cm³/mol. The molecule has 0 amide bonds. The Morgan fingerprint density at radius 1 is 1.05 bits per heavy atom. The van der Waals surface area contributed by atoms with Crippen molar-refractivity contribution < 1.29 is 9.90 Å². The smallest absolute Gasteiger partial charge is 0.307 e. The van der Waals surface area contributed by atoms with Gasteiger partial charge in [0.05, 0.1) is 6.42 Å². The fourth-order valence-electron chi connectivity index (χ4n) is 2.33. The van der Waals surface area contributed by atoms with Crippen molar-refractivity contribution in [3.05, 3.63) is 70.2 Å². The van der Waals surface area contributed by atoms with Gasteiger partial charge in [0.15, 0.2) is 0 Å². The largest absolute Gasteiger partial charge is 0.481 e. The quantitative estimate of drug-likeness (QED) is 0.730. The molecule has 0 aliphatic carbocycles. The SMILES string of the molecule is O=C(O)Cc1cccc(CNCCCc2ccc(Cl)cc2)c1. The second kappa shape index (κ2) is 8.57. The fourth-order valence-corrected chi connectivity index (χ4v) is 2.45. The number of hydrogen-bond donors (Lipinski definition) is 2. The summed E-state index contributed by atoms with van der Waals surface area (Å²) in [6.07, 6.45) is 2.14. The molecule has 0 fully saturated rings. The Morgan fingerprint density at radius 2 is 1.77 bits per heavy atom. The maximum Gasteiger partial charge on any atom is 0.307 e. The van der Waals surface area contributed by atoms with Crippen LogP contribution >= 0.6 is 11.6 Å². The Kier molecular flexibility index (Phi) is 6.44. The minimum absolute atomic E-state index is 0.0738. The van der Waals surface area contributed by atoms with Gasteiger partial charge in [-0.1, -0.05) is 48.0 Å². The van der Waals surface area contributed by atoms with Crippen LogP contribution in [0.3, 0.4) is 0 Å². The monoisotopic (exact) mass is 317 g/mol. The highest BCUT2D eigenvalue weighted by atomic mass is 35.5. The Balaban J connectivity index is 1.70. The normalized spacial score (nSPS) is 10.6. The molecule has 2 N–H and O–H groups in total. The van der Waals surface area contributed by atoms with Crippen LogP contribution in [0.15, 0.2) is 48.5 Å². The van der Waals surface area contributed by atoms with Crippen LogP contribution in [0.2, 0.25) is 5.02 Å². The number of aliphatic carboxylic acids is 1. The molecule has 3 nitrogen and oxygen atoms in total. The van der Waals surface area contributed by atoms with E-state index in [2.05, 4.69) is 17.4 Å². The lowest BCUT2D eigenvalue weighted by Crippen LogP contribution is -2.15. The maximum absolute atomic E-state index is 10.7. The first-order valence-corrected chi connectivity index (χ1v) is 7.76. The molecular weight excluding hydrogens is 298 g/mol. The van der Waals surface area contributed by atoms with E-state index in [0.29, 0.717) is 0 Å². The third-order valence-electron chi connectivity index (χ3n) is 3.41. The van der Waals surface area contributed by atoms with Crippen LogP contribution in [0, 0.1) is 0 Å². The zero-order chi connectivity index (χ0) is 15.8. The minimum Gasteiger partial charge on any atom is -0.481 e. The molecule has 22 heavy (non-hydrogen) atoms. The number of aryl methyl sites for hydroxylation is 1. The van der Waals surface area contributed by atoms with Crippen molar-refractivity contribution in [1.29, 1.82) is 0 Å². The molecule has 0 spiro atoms. The summed E-state index contributed by atoms with van der Waals surface area (Å²) in [4.78, 5) is 10.7. The molecule has 2 aromatic carbocycles. The molecule has 0 aromatic heterocycles. The van der Waals surface area contributed by atoms with Gasteiger partial charge in [0.25, 0.3) is 0 Å². The van der Waals surface area contributed by atoms with E-state index in [4.69, 9.17) is 16.7 Å². The van der Waals surface area contributed by atoms with E-state index in [0.717, 1.165) is 42.1 Å². The summed E-state index contributed by atoms with van der Waals surface area (Å²) in [6.45, 7) is 1.68. The van der Waals surface area contributed by atoms with Crippen LogP contribution in [-0.2, 0) is 24.2 Å². The molecule has 0 bridgehead atoms. The lowest BCUT2D eigenvalue weighted by Gasteiger charge is -2.07. The lowest BCUT2D eigenvalue weighted by molar-refractivity contribution is -0.136. The number of nitrogens with one attached hydrogen (secondary N) is 1. The average molecular weight is 318 g/mol. The summed E-state index contributed by atoms with van der Waals surface area (Å²) in [5.41, 5.74) is 3.24. The molecule has 116 valence electrons. The van der Waals surface area contributed by atoms with Crippen LogP contribution in [0.5, 0.6) is 0 Å². The first-order valence-electron chi connectivity index (χ1n) is 7.38. The van der Waals surface area contributed by atoms with Crippen molar-refractivity contribution >= 4 is 17.6 Å². The Labute approximate surface area is 135 Å². The van der Waals surface area contributed by atoms with Crippen LogP contribution in [0.25, 0.3) is 0 Å². The van der Waals surface area contributed by atoms with E-state index in [-0.39, 0.29) is 6.42 Å². The lowest BCUT2D eigenvalue weighted by atomic mass is 10.1. The molecular formula is C18H20ClNO2. The van der Waals surface area contributed by atoms with Crippen molar-refractivity contribution in [2.24, 2.45) is 0 Å². The van der Waals surface area contributed by atoms with Crippen LogP contribution in [0.1, 0.15) is 23.1 Å². The number of carbonyl (C=O) groups is 1. The number of halogens is 1. The minimum atomic E-state index is -0.798. The number of carboxylic acids is 1. The standard InChI is InChI=1S/C18H20ClNO2/c19-17-8-6-14(7-9-17)5-2-10-20-13-16-4-1-3-15(11-16)12-18(21)22/h1,3-4,6-9,11,20H,2,5,10,12-13H2,(H,21,22). The topological polar surface area (TPSA) is 49.3 Å². The van der Waals surface area contributed by atoms with Gasteiger partial charge in [-0.15, -0.1) is 0 Å². The molecule has 0 radical (unpaired) electrons. The summed E-state index contributed by atoms with van der Waals surface area (Å²) in [5, 5.41) is 13.0. The van der Waals surface area contributed by atoms with Gasteiger partial charge in [0.1, 0.15) is 0 Å². The van der Waals surface area contributed by atoms with Crippen molar-refractivity contribution in [3.8, 4) is 0 Å². The second-order valence-corrected chi connectivity index (χ2v) is 5.73. The Morgan fingerprint density at radius 3 is 2.50 bits per heavy atom. The van der Waals surface area contributed by atoms with Crippen LogP contribution in [0.4, 0.5) is 0 Å². The highest BCUT2D eigenvalue weighted by Gasteiger charge is 2.01. The molecule has 0 saturated heterocycles. The summed E-state index contributed by atoms with van der Waals surface area (Å²) in [5.74, 6) is -0.798. The van der Waals surface area contributed by atoms with E-state index in [9.17, 15) is 4.79 Å². The Bertz CT molecular complexity index is 611. The fraction of sp³-hybridized carbons (Fsp3) is 0.278. The third-order valence-corrected chi connectivity index (χ3v) is 3.66. The Hall–Kier alpha value is -1.84. The van der Waals surface area contributed by atoms with E-state index < -0.39 is 5.97 Å². The zero-order valence-corrected chi connectivity index (χ0v) is 13.1. The molecule has 2 aromatic rings. The van der Waals surface area contributed by atoms with E-state index in [1.807, 2.05) is 36.4 Å². The number of carboxylic acid groups (broad SMARTS) is 1. The summed E-state index contributed by atoms with van der Waals surface area (Å²) in [7, 11) is 0. The van der Waals surface area contributed by atoms with Crippen molar-refractivity contribution in [1.82, 2.24) is 5.32 Å². The van der Waals surface area contributed by atoms with Crippen molar-refractivity contribution in [2.75, 3.05) is 6.54 Å².